The van der Waals surface area contributed by atoms with Gasteiger partial charge in [-0.1, -0.05) is 0 Å². The van der Waals surface area contributed by atoms with Gasteiger partial charge in [-0.2, -0.15) is 15.0 Å². The van der Waals surface area contributed by atoms with Crippen molar-refractivity contribution >= 4 is 23.8 Å². The van der Waals surface area contributed by atoms with Gasteiger partial charge in [0.15, 0.2) is 0 Å². The highest BCUT2D eigenvalue weighted by molar-refractivity contribution is 5.89. The van der Waals surface area contributed by atoms with Gasteiger partial charge in [0.05, 0.1) is 19.3 Å². The third-order valence-electron chi connectivity index (χ3n) is 3.28. The van der Waals surface area contributed by atoms with E-state index in [1.165, 1.54) is 7.11 Å². The van der Waals surface area contributed by atoms with Gasteiger partial charge in [0.25, 0.3) is 0 Å². The lowest BCUT2D eigenvalue weighted by Crippen LogP contribution is -2.28. The van der Waals surface area contributed by atoms with Crippen LogP contribution >= 0.6 is 0 Å². The van der Waals surface area contributed by atoms with Crippen LogP contribution in [-0.4, -0.2) is 52.7 Å². The fourth-order valence-electron chi connectivity index (χ4n) is 2.12. The fraction of sp³-hybridized carbons (Fsp3) is 0.421. The molecule has 0 spiro atoms. The molecule has 0 amide bonds. The second-order valence-electron chi connectivity index (χ2n) is 6.92. The van der Waals surface area contributed by atoms with Crippen LogP contribution < -0.4 is 15.4 Å². The summed E-state index contributed by atoms with van der Waals surface area (Å²) < 4.78 is 15.2. The zero-order chi connectivity index (χ0) is 21.4. The Balaban J connectivity index is 2.22. The highest BCUT2D eigenvalue weighted by Gasteiger charge is 2.16. The van der Waals surface area contributed by atoms with Crippen molar-refractivity contribution in [1.29, 1.82) is 0 Å². The van der Waals surface area contributed by atoms with Gasteiger partial charge in [0, 0.05) is 5.54 Å². The van der Waals surface area contributed by atoms with E-state index in [0.29, 0.717) is 11.3 Å². The molecule has 2 rings (SSSR count). The van der Waals surface area contributed by atoms with E-state index in [-0.39, 0.29) is 36.6 Å². The standard InChI is InChI=1S/C19H25N5O5/c1-6-28-14(25)11-20-16-21-17(24-19(2,3)4)23-18(22-16)29-13-9-7-12(8-10-13)15(26)27-5/h7-10H,6,11H2,1-5H3,(H2,20,21,22,23,24). The van der Waals surface area contributed by atoms with E-state index in [1.807, 2.05) is 20.8 Å². The Hall–Kier alpha value is -3.43. The van der Waals surface area contributed by atoms with Crippen LogP contribution in [0.1, 0.15) is 38.1 Å². The number of methoxy groups -OCH3 is 1. The summed E-state index contributed by atoms with van der Waals surface area (Å²) >= 11 is 0. The second kappa shape index (κ2) is 9.67. The van der Waals surface area contributed by atoms with Crippen molar-refractivity contribution in [2.24, 2.45) is 0 Å². The third-order valence-corrected chi connectivity index (χ3v) is 3.28. The van der Waals surface area contributed by atoms with Gasteiger partial charge in [-0.15, -0.1) is 0 Å². The number of hydrogen-bond acceptors (Lipinski definition) is 10. The molecule has 2 aromatic rings. The summed E-state index contributed by atoms with van der Waals surface area (Å²) in [6, 6.07) is 6.34. The molecule has 10 heteroatoms. The molecule has 0 aliphatic rings. The van der Waals surface area contributed by atoms with Crippen LogP contribution in [-0.2, 0) is 14.3 Å². The summed E-state index contributed by atoms with van der Waals surface area (Å²) in [6.07, 6.45) is 0. The molecule has 0 bridgehead atoms. The van der Waals surface area contributed by atoms with E-state index in [2.05, 4.69) is 30.3 Å². The Morgan fingerprint density at radius 1 is 1.03 bits per heavy atom. The van der Waals surface area contributed by atoms with Crippen molar-refractivity contribution in [2.45, 2.75) is 33.2 Å². The molecule has 29 heavy (non-hydrogen) atoms. The van der Waals surface area contributed by atoms with Crippen LogP contribution in [0.4, 0.5) is 11.9 Å². The number of anilines is 2. The number of carbonyl (C=O) groups excluding carboxylic acids is 2. The molecule has 0 atom stereocenters. The van der Waals surface area contributed by atoms with E-state index in [4.69, 9.17) is 9.47 Å². The van der Waals surface area contributed by atoms with Crippen molar-refractivity contribution in [3.8, 4) is 11.8 Å². The lowest BCUT2D eigenvalue weighted by Gasteiger charge is -2.20. The maximum absolute atomic E-state index is 11.6. The number of esters is 2. The summed E-state index contributed by atoms with van der Waals surface area (Å²) in [5, 5.41) is 5.93. The first kappa shape index (κ1) is 21.9. The third kappa shape index (κ3) is 7.24. The van der Waals surface area contributed by atoms with Crippen molar-refractivity contribution in [3.63, 3.8) is 0 Å². The smallest absolute Gasteiger partial charge is 0.337 e. The van der Waals surface area contributed by atoms with Crippen LogP contribution in [0.3, 0.4) is 0 Å². The summed E-state index contributed by atoms with van der Waals surface area (Å²) in [7, 11) is 1.31. The zero-order valence-corrected chi connectivity index (χ0v) is 17.1. The molecule has 0 radical (unpaired) electrons. The molecule has 10 nitrogen and oxygen atoms in total. The number of ether oxygens (including phenoxy) is 3. The van der Waals surface area contributed by atoms with E-state index >= 15 is 0 Å². The first-order valence-corrected chi connectivity index (χ1v) is 9.00. The molecule has 0 aliphatic carbocycles. The Kier molecular flexibility index (Phi) is 7.29. The Labute approximate surface area is 169 Å². The van der Waals surface area contributed by atoms with E-state index < -0.39 is 11.9 Å². The molecule has 2 N–H and O–H groups in total. The Bertz CT molecular complexity index is 849. The predicted octanol–water partition coefficient (Wildman–Crippen LogP) is 2.64. The SMILES string of the molecule is CCOC(=O)CNc1nc(NC(C)(C)C)nc(Oc2ccc(C(=O)OC)cc2)n1. The predicted molar refractivity (Wildman–Crippen MR) is 106 cm³/mol. The van der Waals surface area contributed by atoms with Crippen LogP contribution in [0, 0.1) is 0 Å². The molecule has 1 heterocycles. The van der Waals surface area contributed by atoms with Gasteiger partial charge >= 0.3 is 17.9 Å². The monoisotopic (exact) mass is 403 g/mol. The molecule has 1 aromatic heterocycles. The summed E-state index contributed by atoms with van der Waals surface area (Å²) in [5.41, 5.74) is 0.0847. The normalized spacial score (nSPS) is 10.8. The lowest BCUT2D eigenvalue weighted by atomic mass is 10.1. The van der Waals surface area contributed by atoms with Crippen LogP contribution in [0.15, 0.2) is 24.3 Å². The number of nitrogens with zero attached hydrogens (tertiary/aromatic N) is 3. The molecular weight excluding hydrogens is 378 g/mol. The number of benzene rings is 1. The van der Waals surface area contributed by atoms with Crippen molar-refractivity contribution in [2.75, 3.05) is 30.9 Å². The van der Waals surface area contributed by atoms with Gasteiger partial charge < -0.3 is 24.8 Å². The van der Waals surface area contributed by atoms with Crippen molar-refractivity contribution in [3.05, 3.63) is 29.8 Å². The zero-order valence-electron chi connectivity index (χ0n) is 17.1. The molecular formula is C19H25N5O5. The van der Waals surface area contributed by atoms with Gasteiger partial charge in [-0.25, -0.2) is 4.79 Å². The number of aromatic nitrogens is 3. The summed E-state index contributed by atoms with van der Waals surface area (Å²) in [6.45, 7) is 7.77. The minimum Gasteiger partial charge on any atom is -0.465 e. The Morgan fingerprint density at radius 2 is 1.69 bits per heavy atom. The maximum atomic E-state index is 11.6. The summed E-state index contributed by atoms with van der Waals surface area (Å²) in [5.74, 6) is -0.0270. The minimum atomic E-state index is -0.446. The molecule has 0 saturated carbocycles. The largest absolute Gasteiger partial charge is 0.465 e. The topological polar surface area (TPSA) is 125 Å². The van der Waals surface area contributed by atoms with Crippen molar-refractivity contribution < 1.29 is 23.8 Å². The van der Waals surface area contributed by atoms with E-state index in [9.17, 15) is 9.59 Å². The molecule has 0 saturated heterocycles. The van der Waals surface area contributed by atoms with Gasteiger partial charge in [-0.3, -0.25) is 4.79 Å². The van der Waals surface area contributed by atoms with Gasteiger partial charge in [-0.05, 0) is 52.0 Å². The molecule has 0 unspecified atom stereocenters. The van der Waals surface area contributed by atoms with E-state index in [1.54, 1.807) is 31.2 Å². The molecule has 0 aliphatic heterocycles. The Morgan fingerprint density at radius 3 is 2.28 bits per heavy atom. The first-order valence-electron chi connectivity index (χ1n) is 9.00. The minimum absolute atomic E-state index is 0.0175. The highest BCUT2D eigenvalue weighted by atomic mass is 16.5. The quantitative estimate of drug-likeness (QED) is 0.635. The second-order valence-corrected chi connectivity index (χ2v) is 6.92. The number of rotatable bonds is 8. The number of carbonyl (C=O) groups is 2. The van der Waals surface area contributed by atoms with Crippen LogP contribution in [0.2, 0.25) is 0 Å². The maximum Gasteiger partial charge on any atom is 0.337 e. The van der Waals surface area contributed by atoms with Crippen LogP contribution in [0.25, 0.3) is 0 Å². The first-order chi connectivity index (χ1) is 13.7. The summed E-state index contributed by atoms with van der Waals surface area (Å²) in [4.78, 5) is 35.8. The van der Waals surface area contributed by atoms with Gasteiger partial charge in [0.1, 0.15) is 12.3 Å². The fourth-order valence-corrected chi connectivity index (χ4v) is 2.12. The van der Waals surface area contributed by atoms with Gasteiger partial charge in [0.2, 0.25) is 11.9 Å². The van der Waals surface area contributed by atoms with Crippen molar-refractivity contribution in [1.82, 2.24) is 15.0 Å². The van der Waals surface area contributed by atoms with Crippen LogP contribution in [0.5, 0.6) is 11.8 Å². The molecule has 156 valence electrons. The highest BCUT2D eigenvalue weighted by Crippen LogP contribution is 2.22. The molecule has 0 fully saturated rings. The molecule has 1 aromatic carbocycles. The number of hydrogen-bond donors (Lipinski definition) is 2. The average molecular weight is 403 g/mol. The lowest BCUT2D eigenvalue weighted by molar-refractivity contribution is -0.140. The van der Waals surface area contributed by atoms with E-state index in [0.717, 1.165) is 0 Å². The number of nitrogens with one attached hydrogen (secondary N) is 2. The average Bonchev–Trinajstić information content (AvgIpc) is 2.65.